The third-order valence-electron chi connectivity index (χ3n) is 2.54. The topological polar surface area (TPSA) is 70.0 Å². The van der Waals surface area contributed by atoms with Crippen LogP contribution in [0.15, 0.2) is 21.9 Å². The van der Waals surface area contributed by atoms with E-state index in [0.717, 1.165) is 5.56 Å². The summed E-state index contributed by atoms with van der Waals surface area (Å²) in [7, 11) is 0. The number of carbonyl (C=O) groups is 2. The van der Waals surface area contributed by atoms with Crippen LogP contribution in [-0.4, -0.2) is 34.2 Å². The number of carboxylic acid groups (broad SMARTS) is 1. The summed E-state index contributed by atoms with van der Waals surface area (Å²) in [6.07, 6.45) is 1.16. The Morgan fingerprint density at radius 2 is 2.35 bits per heavy atom. The molecule has 0 unspecified atom stereocenters. The Bertz CT molecular complexity index is 453. The highest BCUT2D eigenvalue weighted by Gasteiger charge is 2.23. The molecular weight excluding hydrogens is 240 g/mol. The number of hydrogen-bond acceptors (Lipinski definition) is 4. The van der Waals surface area contributed by atoms with Gasteiger partial charge in [0.05, 0.1) is 0 Å². The van der Waals surface area contributed by atoms with E-state index in [1.165, 1.54) is 5.01 Å². The predicted octanol–water partition coefficient (Wildman–Crippen LogP) is 1.35. The van der Waals surface area contributed by atoms with E-state index in [2.05, 4.69) is 5.10 Å². The average Bonchev–Trinajstić information content (AvgIpc) is 2.80. The molecule has 0 bridgehead atoms. The van der Waals surface area contributed by atoms with Crippen LogP contribution < -0.4 is 0 Å². The van der Waals surface area contributed by atoms with Crippen molar-refractivity contribution in [2.45, 2.75) is 19.3 Å². The highest BCUT2D eigenvalue weighted by atomic mass is 32.1. The zero-order valence-corrected chi connectivity index (χ0v) is 9.94. The second kappa shape index (κ2) is 5.09. The van der Waals surface area contributed by atoms with Crippen LogP contribution in [0.1, 0.15) is 18.4 Å². The van der Waals surface area contributed by atoms with Gasteiger partial charge in [0.2, 0.25) is 5.91 Å². The largest absolute Gasteiger partial charge is 0.477 e. The van der Waals surface area contributed by atoms with E-state index in [-0.39, 0.29) is 24.5 Å². The van der Waals surface area contributed by atoms with Gasteiger partial charge in [-0.05, 0) is 28.8 Å². The Labute approximate surface area is 102 Å². The number of carbonyl (C=O) groups excluding carboxylic acids is 1. The van der Waals surface area contributed by atoms with Crippen molar-refractivity contribution < 1.29 is 14.7 Å². The summed E-state index contributed by atoms with van der Waals surface area (Å²) < 4.78 is 0. The van der Waals surface area contributed by atoms with Crippen LogP contribution >= 0.6 is 11.3 Å². The monoisotopic (exact) mass is 252 g/mol. The highest BCUT2D eigenvalue weighted by molar-refractivity contribution is 7.07. The van der Waals surface area contributed by atoms with Gasteiger partial charge in [0.25, 0.3) is 0 Å². The number of hydrazone groups is 1. The van der Waals surface area contributed by atoms with Crippen molar-refractivity contribution in [3.63, 3.8) is 0 Å². The SMILES string of the molecule is O=C(O)C1=NN(CCc2ccsc2)C(=O)CC1. The van der Waals surface area contributed by atoms with Gasteiger partial charge in [-0.2, -0.15) is 16.4 Å². The van der Waals surface area contributed by atoms with Gasteiger partial charge in [-0.3, -0.25) is 4.79 Å². The summed E-state index contributed by atoms with van der Waals surface area (Å²) in [5.74, 6) is -1.15. The van der Waals surface area contributed by atoms with Crippen molar-refractivity contribution in [1.29, 1.82) is 0 Å². The number of hydrogen-bond donors (Lipinski definition) is 1. The molecule has 0 aliphatic carbocycles. The van der Waals surface area contributed by atoms with Crippen molar-refractivity contribution in [2.24, 2.45) is 5.10 Å². The minimum atomic E-state index is -1.04. The summed E-state index contributed by atoms with van der Waals surface area (Å²) in [6.45, 7) is 0.437. The van der Waals surface area contributed by atoms with E-state index in [9.17, 15) is 9.59 Å². The lowest BCUT2D eigenvalue weighted by atomic mass is 10.1. The van der Waals surface area contributed by atoms with Gasteiger partial charge in [0, 0.05) is 19.4 Å². The van der Waals surface area contributed by atoms with E-state index in [1.807, 2.05) is 16.8 Å². The van der Waals surface area contributed by atoms with Gasteiger partial charge in [-0.25, -0.2) is 9.80 Å². The fourth-order valence-corrected chi connectivity index (χ4v) is 2.30. The average molecular weight is 252 g/mol. The molecule has 0 fully saturated rings. The lowest BCUT2D eigenvalue weighted by molar-refractivity contribution is -0.132. The molecule has 1 amide bonds. The summed E-state index contributed by atoms with van der Waals surface area (Å²) in [5, 5.41) is 17.9. The summed E-state index contributed by atoms with van der Waals surface area (Å²) in [5.41, 5.74) is 1.20. The van der Waals surface area contributed by atoms with Gasteiger partial charge >= 0.3 is 5.97 Å². The Balaban J connectivity index is 2.00. The quantitative estimate of drug-likeness (QED) is 0.879. The molecule has 0 radical (unpaired) electrons. The minimum Gasteiger partial charge on any atom is -0.477 e. The van der Waals surface area contributed by atoms with Crippen molar-refractivity contribution >= 4 is 28.9 Å². The third kappa shape index (κ3) is 2.91. The summed E-state index contributed by atoms with van der Waals surface area (Å²) >= 11 is 1.60. The van der Waals surface area contributed by atoms with Crippen LogP contribution in [0.2, 0.25) is 0 Å². The smallest absolute Gasteiger partial charge is 0.352 e. The molecule has 5 nitrogen and oxygen atoms in total. The maximum absolute atomic E-state index is 11.6. The van der Waals surface area contributed by atoms with Gasteiger partial charge < -0.3 is 5.11 Å². The first kappa shape index (κ1) is 11.8. The number of carboxylic acids is 1. The number of amides is 1. The maximum Gasteiger partial charge on any atom is 0.352 e. The number of rotatable bonds is 4. The molecular formula is C11H12N2O3S. The van der Waals surface area contributed by atoms with Crippen LogP contribution in [0.4, 0.5) is 0 Å². The Morgan fingerprint density at radius 3 is 3.00 bits per heavy atom. The molecule has 0 atom stereocenters. The lowest BCUT2D eigenvalue weighted by Gasteiger charge is -2.21. The normalized spacial score (nSPS) is 15.9. The molecule has 0 saturated carbocycles. The highest BCUT2D eigenvalue weighted by Crippen LogP contribution is 2.12. The lowest BCUT2D eigenvalue weighted by Crippen LogP contribution is -2.35. The second-order valence-electron chi connectivity index (χ2n) is 3.75. The number of thiophene rings is 1. The van der Waals surface area contributed by atoms with Crippen LogP contribution in [0.25, 0.3) is 0 Å². The molecule has 0 spiro atoms. The van der Waals surface area contributed by atoms with Gasteiger partial charge in [-0.15, -0.1) is 0 Å². The first-order valence-electron chi connectivity index (χ1n) is 5.29. The Hall–Kier alpha value is -1.69. The van der Waals surface area contributed by atoms with Crippen molar-refractivity contribution in [3.8, 4) is 0 Å². The molecule has 1 aliphatic rings. The van der Waals surface area contributed by atoms with Crippen molar-refractivity contribution in [3.05, 3.63) is 22.4 Å². The van der Waals surface area contributed by atoms with Crippen molar-refractivity contribution in [2.75, 3.05) is 6.54 Å². The Kier molecular flexibility index (Phi) is 3.53. The molecule has 1 N–H and O–H groups in total. The molecule has 0 aromatic carbocycles. The molecule has 1 aromatic heterocycles. The van der Waals surface area contributed by atoms with Crippen LogP contribution in [-0.2, 0) is 16.0 Å². The van der Waals surface area contributed by atoms with Crippen LogP contribution in [0.3, 0.4) is 0 Å². The summed E-state index contributed by atoms with van der Waals surface area (Å²) in [6, 6.07) is 1.99. The zero-order chi connectivity index (χ0) is 12.3. The zero-order valence-electron chi connectivity index (χ0n) is 9.13. The first-order valence-corrected chi connectivity index (χ1v) is 6.23. The first-order chi connectivity index (χ1) is 8.16. The fraction of sp³-hybridized carbons (Fsp3) is 0.364. The minimum absolute atomic E-state index is 0.0647. The van der Waals surface area contributed by atoms with E-state index in [0.29, 0.717) is 13.0 Å². The van der Waals surface area contributed by atoms with Crippen LogP contribution in [0.5, 0.6) is 0 Å². The predicted molar refractivity (Wildman–Crippen MR) is 64.0 cm³/mol. The second-order valence-corrected chi connectivity index (χ2v) is 4.53. The molecule has 6 heteroatoms. The molecule has 17 heavy (non-hydrogen) atoms. The number of aliphatic carboxylic acids is 1. The summed E-state index contributed by atoms with van der Waals surface area (Å²) in [4.78, 5) is 22.3. The van der Waals surface area contributed by atoms with E-state index >= 15 is 0 Å². The maximum atomic E-state index is 11.6. The molecule has 2 rings (SSSR count). The van der Waals surface area contributed by atoms with E-state index < -0.39 is 5.97 Å². The van der Waals surface area contributed by atoms with Gasteiger partial charge in [-0.1, -0.05) is 0 Å². The van der Waals surface area contributed by atoms with Gasteiger partial charge in [0.15, 0.2) is 0 Å². The number of nitrogens with zero attached hydrogens (tertiary/aromatic N) is 2. The van der Waals surface area contributed by atoms with Crippen LogP contribution in [0, 0.1) is 0 Å². The molecule has 90 valence electrons. The molecule has 0 saturated heterocycles. The van der Waals surface area contributed by atoms with E-state index in [4.69, 9.17) is 5.11 Å². The van der Waals surface area contributed by atoms with E-state index in [1.54, 1.807) is 11.3 Å². The van der Waals surface area contributed by atoms with Gasteiger partial charge in [0.1, 0.15) is 5.71 Å². The van der Waals surface area contributed by atoms with Crippen molar-refractivity contribution in [1.82, 2.24) is 5.01 Å². The standard InChI is InChI=1S/C11H12N2O3S/c14-10-2-1-9(11(15)16)12-13(10)5-3-8-4-6-17-7-8/h4,6-7H,1-3,5H2,(H,15,16). The Morgan fingerprint density at radius 1 is 1.53 bits per heavy atom. The third-order valence-corrected chi connectivity index (χ3v) is 3.28. The molecule has 1 aliphatic heterocycles. The molecule has 1 aromatic rings. The molecule has 2 heterocycles. The fourth-order valence-electron chi connectivity index (χ4n) is 1.60.